The van der Waals surface area contributed by atoms with Gasteiger partial charge in [0.05, 0.1) is 40.6 Å². The smallest absolute Gasteiger partial charge is 0.418 e. The predicted octanol–water partition coefficient (Wildman–Crippen LogP) is 6.30. The molecule has 0 aliphatic carbocycles. The molecule has 0 radical (unpaired) electrons. The zero-order valence-corrected chi connectivity index (χ0v) is 25.9. The Kier molecular flexibility index (Phi) is 8.53. The fourth-order valence-electron chi connectivity index (χ4n) is 5.62. The number of nitrogens with one attached hydrogen (secondary N) is 2. The Labute approximate surface area is 274 Å². The Morgan fingerprint density at radius 1 is 0.917 bits per heavy atom. The summed E-state index contributed by atoms with van der Waals surface area (Å²) in [6.45, 7) is -0.699. The van der Waals surface area contributed by atoms with Crippen LogP contribution in [0.2, 0.25) is 0 Å². The number of benzene rings is 3. The van der Waals surface area contributed by atoms with Crippen molar-refractivity contribution in [1.29, 1.82) is 0 Å². The Hall–Kier alpha value is -4.77. The molecule has 0 bridgehead atoms. The van der Waals surface area contributed by atoms with Crippen molar-refractivity contribution in [2.24, 2.45) is 5.92 Å². The van der Waals surface area contributed by atoms with Crippen molar-refractivity contribution in [1.82, 2.24) is 4.98 Å². The number of aromatic amines is 1. The molecule has 2 N–H and O–H groups in total. The van der Waals surface area contributed by atoms with Crippen LogP contribution in [0.4, 0.5) is 37.7 Å². The van der Waals surface area contributed by atoms with Gasteiger partial charge in [-0.05, 0) is 48.0 Å². The number of aromatic nitrogens is 1. The number of amides is 3. The number of hydrogen-bond donors (Lipinski definition) is 2. The topological polar surface area (TPSA) is 118 Å². The molecule has 0 spiro atoms. The number of carbonyl (C=O) groups is 3. The third kappa shape index (κ3) is 6.14. The van der Waals surface area contributed by atoms with Crippen LogP contribution in [0.5, 0.6) is 11.5 Å². The number of ether oxygens (including phenoxy) is 2. The van der Waals surface area contributed by atoms with E-state index >= 15 is 0 Å². The molecule has 3 heterocycles. The Balaban J connectivity index is 1.29. The highest BCUT2D eigenvalue weighted by atomic mass is 32.2. The maximum atomic E-state index is 13.9. The number of para-hydroxylation sites is 1. The average molecular weight is 710 g/mol. The summed E-state index contributed by atoms with van der Waals surface area (Å²) in [4.78, 5) is 55.8. The number of halogens is 6. The molecule has 1 aromatic heterocycles. The lowest BCUT2D eigenvalue weighted by Crippen LogP contribution is -2.32. The van der Waals surface area contributed by atoms with Gasteiger partial charge in [0.25, 0.3) is 5.91 Å². The molecule has 2 aliphatic heterocycles. The normalized spacial score (nSPS) is 19.1. The summed E-state index contributed by atoms with van der Waals surface area (Å²) in [5.41, 5.74) is -2.39. The van der Waals surface area contributed by atoms with E-state index in [2.05, 4.69) is 10.3 Å². The second-order valence-electron chi connectivity index (χ2n) is 10.6. The van der Waals surface area contributed by atoms with E-state index in [4.69, 9.17) is 9.47 Å². The van der Waals surface area contributed by atoms with Crippen molar-refractivity contribution < 1.29 is 50.2 Å². The summed E-state index contributed by atoms with van der Waals surface area (Å²) in [5.74, 6) is -4.35. The summed E-state index contributed by atoms with van der Waals surface area (Å²) in [7, 11) is 1.28. The molecule has 3 atom stereocenters. The van der Waals surface area contributed by atoms with Crippen molar-refractivity contribution in [2.75, 3.05) is 23.9 Å². The lowest BCUT2D eigenvalue weighted by molar-refractivity contribution is -0.138. The molecule has 3 amide bonds. The summed E-state index contributed by atoms with van der Waals surface area (Å²) in [5, 5.41) is 1.42. The number of hydrogen-bond acceptors (Lipinski definition) is 8. The number of H-pyrrole nitrogens is 1. The Morgan fingerprint density at radius 2 is 1.67 bits per heavy atom. The molecular weight excluding hydrogens is 688 g/mol. The zero-order valence-electron chi connectivity index (χ0n) is 24.3. The highest BCUT2D eigenvalue weighted by molar-refractivity contribution is 8.00. The molecule has 48 heavy (non-hydrogen) atoms. The van der Waals surface area contributed by atoms with E-state index in [-0.39, 0.29) is 17.2 Å². The number of carbonyl (C=O) groups excluding carboxylic acids is 3. The first-order valence-corrected chi connectivity index (χ1v) is 15.6. The van der Waals surface area contributed by atoms with Crippen LogP contribution in [-0.4, -0.2) is 41.7 Å². The number of nitrogens with zero attached hydrogens (tertiary/aromatic N) is 1. The number of anilines is 2. The Bertz CT molecular complexity index is 1990. The predicted molar refractivity (Wildman–Crippen MR) is 162 cm³/mol. The minimum atomic E-state index is -4.72. The van der Waals surface area contributed by atoms with E-state index in [0.29, 0.717) is 15.5 Å². The largest absolute Gasteiger partial charge is 0.493 e. The van der Waals surface area contributed by atoms with Gasteiger partial charge >= 0.3 is 17.2 Å². The number of methoxy groups -OCH3 is 1. The highest BCUT2D eigenvalue weighted by Gasteiger charge is 2.56. The monoisotopic (exact) mass is 709 g/mol. The van der Waals surface area contributed by atoms with E-state index in [1.54, 1.807) is 0 Å². The number of rotatable bonds is 7. The number of thioether (sulfide) groups is 1. The molecule has 17 heteroatoms. The van der Waals surface area contributed by atoms with Gasteiger partial charge in [0.2, 0.25) is 11.8 Å². The van der Waals surface area contributed by atoms with Gasteiger partial charge < -0.3 is 19.8 Å². The maximum Gasteiger partial charge on any atom is 0.418 e. The van der Waals surface area contributed by atoms with E-state index in [1.165, 1.54) is 43.5 Å². The minimum absolute atomic E-state index is 0.0177. The van der Waals surface area contributed by atoms with Crippen molar-refractivity contribution in [3.8, 4) is 11.5 Å². The molecule has 2 aliphatic rings. The molecule has 3 aromatic carbocycles. The molecule has 0 unspecified atom stereocenters. The molecule has 0 saturated carbocycles. The van der Waals surface area contributed by atoms with Gasteiger partial charge in [0.1, 0.15) is 5.25 Å². The molecular formula is C31H21F6N3O6S2. The first-order chi connectivity index (χ1) is 22.7. The van der Waals surface area contributed by atoms with Gasteiger partial charge in [-0.3, -0.25) is 19.2 Å². The summed E-state index contributed by atoms with van der Waals surface area (Å²) in [6, 6.07) is 12.7. The third-order valence-corrected chi connectivity index (χ3v) is 10.1. The van der Waals surface area contributed by atoms with E-state index in [0.717, 1.165) is 58.3 Å². The van der Waals surface area contributed by atoms with Crippen molar-refractivity contribution in [2.45, 2.75) is 28.5 Å². The fourth-order valence-corrected chi connectivity index (χ4v) is 8.13. The van der Waals surface area contributed by atoms with Gasteiger partial charge in [-0.1, -0.05) is 47.4 Å². The third-order valence-electron chi connectivity index (χ3n) is 7.67. The SMILES string of the molecule is COc1cc([C@@H]2c3sc(=O)[nH]c3S[C@H]3C(=O)N(c4cccc(C(F)(F)F)c4)C(=O)[C@@H]23)ccc1OCC(=O)Nc1ccccc1C(F)(F)F. The molecule has 1 fully saturated rings. The van der Waals surface area contributed by atoms with Gasteiger partial charge in [-0.2, -0.15) is 26.3 Å². The van der Waals surface area contributed by atoms with Crippen LogP contribution in [0.15, 0.2) is 76.6 Å². The molecule has 6 rings (SSSR count). The average Bonchev–Trinajstić information content (AvgIpc) is 3.53. The Morgan fingerprint density at radius 3 is 2.38 bits per heavy atom. The van der Waals surface area contributed by atoms with E-state index < -0.39 is 75.5 Å². The fraction of sp³-hybridized carbons (Fsp3) is 0.226. The number of alkyl halides is 6. The van der Waals surface area contributed by atoms with E-state index in [9.17, 15) is 45.5 Å². The van der Waals surface area contributed by atoms with Gasteiger partial charge in [-0.15, -0.1) is 0 Å². The van der Waals surface area contributed by atoms with Crippen LogP contribution in [0.1, 0.15) is 27.5 Å². The number of fused-ring (bicyclic) bond motifs is 2. The molecule has 9 nitrogen and oxygen atoms in total. The van der Waals surface area contributed by atoms with Crippen molar-refractivity contribution >= 4 is 52.2 Å². The van der Waals surface area contributed by atoms with Gasteiger partial charge in [0, 0.05) is 10.8 Å². The highest BCUT2D eigenvalue weighted by Crippen LogP contribution is 2.54. The molecule has 1 saturated heterocycles. The van der Waals surface area contributed by atoms with Crippen LogP contribution in [0.3, 0.4) is 0 Å². The van der Waals surface area contributed by atoms with Crippen LogP contribution >= 0.6 is 23.1 Å². The number of imide groups is 1. The van der Waals surface area contributed by atoms with Gasteiger partial charge in [-0.25, -0.2) is 4.90 Å². The summed E-state index contributed by atoms with van der Waals surface area (Å²) >= 11 is 1.76. The van der Waals surface area contributed by atoms with Gasteiger partial charge in [0.15, 0.2) is 18.1 Å². The van der Waals surface area contributed by atoms with Crippen molar-refractivity contribution in [3.63, 3.8) is 0 Å². The summed E-state index contributed by atoms with van der Waals surface area (Å²) in [6.07, 6.45) is -9.42. The van der Waals surface area contributed by atoms with E-state index in [1.807, 2.05) is 0 Å². The number of thiazole rings is 1. The van der Waals surface area contributed by atoms with Crippen molar-refractivity contribution in [3.05, 3.63) is 98.0 Å². The maximum absolute atomic E-state index is 13.9. The lowest BCUT2D eigenvalue weighted by Gasteiger charge is -2.30. The minimum Gasteiger partial charge on any atom is -0.493 e. The second-order valence-corrected chi connectivity index (χ2v) is 12.8. The van der Waals surface area contributed by atoms with Crippen LogP contribution < -0.4 is 24.6 Å². The van der Waals surface area contributed by atoms with Crippen LogP contribution in [0, 0.1) is 5.92 Å². The quantitative estimate of drug-likeness (QED) is 0.171. The standard InChI is InChI=1S/C31H21F6N3O6S2/c1-45-20-11-14(9-10-19(20)46-13-21(41)38-18-8-3-2-7-17(18)31(35,36)37)22-23-25(47-26-24(22)48-29(44)39-26)28(43)40(27(23)42)16-6-4-5-15(12-16)30(32,33)34/h2-12,22-23,25H,13H2,1H3,(H,38,41)(H,39,44)/t22-,23-,25+/m0/s1. The second kappa shape index (κ2) is 12.4. The lowest BCUT2D eigenvalue weighted by atomic mass is 9.83. The first kappa shape index (κ1) is 33.1. The zero-order chi connectivity index (χ0) is 34.5. The molecule has 250 valence electrons. The summed E-state index contributed by atoms with van der Waals surface area (Å²) < 4.78 is 91.3. The molecule has 4 aromatic rings. The van der Waals surface area contributed by atoms with Crippen LogP contribution in [0.25, 0.3) is 0 Å². The first-order valence-electron chi connectivity index (χ1n) is 13.9. The van der Waals surface area contributed by atoms with Crippen LogP contribution in [-0.2, 0) is 26.7 Å².